The standard InChI is InChI=1S/C26H33N5O2/c1-18(2)28-25(32)17-29-9-11-30(12-10-29)23-14-21(15-27-16-23)19-3-7-24-20(13-19)4-8-26(33)31(24)22-5-6-22/h3,7,13-16,18,22H,4-6,8-12,17H2,1-2H3,(H,28,32). The van der Waals surface area contributed by atoms with E-state index in [2.05, 4.69) is 44.4 Å². The molecule has 1 saturated heterocycles. The number of amides is 2. The summed E-state index contributed by atoms with van der Waals surface area (Å²) in [6.07, 6.45) is 7.50. The van der Waals surface area contributed by atoms with Crippen LogP contribution < -0.4 is 15.1 Å². The number of hydrogen-bond donors (Lipinski definition) is 1. The van der Waals surface area contributed by atoms with Crippen molar-refractivity contribution in [3.8, 4) is 11.1 Å². The van der Waals surface area contributed by atoms with Crippen molar-refractivity contribution >= 4 is 23.2 Å². The van der Waals surface area contributed by atoms with E-state index >= 15 is 0 Å². The van der Waals surface area contributed by atoms with E-state index in [1.165, 1.54) is 5.56 Å². The molecule has 3 aliphatic rings. The second-order valence-electron chi connectivity index (χ2n) is 9.76. The lowest BCUT2D eigenvalue weighted by Crippen LogP contribution is -2.50. The summed E-state index contributed by atoms with van der Waals surface area (Å²) >= 11 is 0. The summed E-state index contributed by atoms with van der Waals surface area (Å²) in [4.78, 5) is 35.6. The predicted octanol–water partition coefficient (Wildman–Crippen LogP) is 2.84. The van der Waals surface area contributed by atoms with Gasteiger partial charge in [0.15, 0.2) is 0 Å². The Morgan fingerprint density at radius 2 is 1.85 bits per heavy atom. The number of nitrogens with one attached hydrogen (secondary N) is 1. The maximum Gasteiger partial charge on any atom is 0.234 e. The average Bonchev–Trinajstić information content (AvgIpc) is 3.64. The number of anilines is 2. The van der Waals surface area contributed by atoms with Gasteiger partial charge in [0.1, 0.15) is 0 Å². The van der Waals surface area contributed by atoms with Gasteiger partial charge in [-0.3, -0.25) is 19.5 Å². The normalized spacial score (nSPS) is 19.1. The molecule has 33 heavy (non-hydrogen) atoms. The van der Waals surface area contributed by atoms with Crippen LogP contribution >= 0.6 is 0 Å². The Balaban J connectivity index is 1.27. The zero-order chi connectivity index (χ0) is 22.9. The molecular weight excluding hydrogens is 414 g/mol. The number of piperazine rings is 1. The van der Waals surface area contributed by atoms with E-state index in [4.69, 9.17) is 0 Å². The van der Waals surface area contributed by atoms with Crippen LogP contribution in [0.15, 0.2) is 36.7 Å². The molecule has 1 saturated carbocycles. The molecule has 0 unspecified atom stereocenters. The lowest BCUT2D eigenvalue weighted by molar-refractivity contribution is -0.123. The summed E-state index contributed by atoms with van der Waals surface area (Å²) in [6.45, 7) is 7.91. The van der Waals surface area contributed by atoms with E-state index in [1.54, 1.807) is 0 Å². The highest BCUT2D eigenvalue weighted by Crippen LogP contribution is 2.39. The van der Waals surface area contributed by atoms with Gasteiger partial charge in [-0.2, -0.15) is 0 Å². The number of nitrogens with zero attached hydrogens (tertiary/aromatic N) is 4. The molecule has 1 aromatic heterocycles. The molecule has 1 aliphatic carbocycles. The number of hydrogen-bond acceptors (Lipinski definition) is 5. The van der Waals surface area contributed by atoms with Gasteiger partial charge >= 0.3 is 0 Å². The van der Waals surface area contributed by atoms with E-state index in [0.29, 0.717) is 19.0 Å². The predicted molar refractivity (Wildman–Crippen MR) is 130 cm³/mol. The first-order valence-electron chi connectivity index (χ1n) is 12.1. The maximum atomic E-state index is 12.4. The van der Waals surface area contributed by atoms with Crippen LogP contribution in [0.3, 0.4) is 0 Å². The van der Waals surface area contributed by atoms with Crippen molar-refractivity contribution in [2.45, 2.75) is 51.6 Å². The number of carbonyl (C=O) groups excluding carboxylic acids is 2. The van der Waals surface area contributed by atoms with Crippen LogP contribution in [0.25, 0.3) is 11.1 Å². The van der Waals surface area contributed by atoms with Gasteiger partial charge in [0, 0.05) is 62.1 Å². The zero-order valence-corrected chi connectivity index (χ0v) is 19.6. The third kappa shape index (κ3) is 4.88. The minimum atomic E-state index is 0.0940. The number of rotatable bonds is 6. The summed E-state index contributed by atoms with van der Waals surface area (Å²) in [6, 6.07) is 9.27. The number of aromatic nitrogens is 1. The lowest BCUT2D eigenvalue weighted by atomic mass is 9.96. The summed E-state index contributed by atoms with van der Waals surface area (Å²) in [5.41, 5.74) is 5.73. The Hall–Kier alpha value is -2.93. The topological polar surface area (TPSA) is 68.8 Å². The van der Waals surface area contributed by atoms with E-state index in [1.807, 2.05) is 31.1 Å². The molecule has 2 aliphatic heterocycles. The number of pyridine rings is 1. The molecular formula is C26H33N5O2. The molecule has 174 valence electrons. The number of fused-ring (bicyclic) bond motifs is 1. The third-order valence-corrected chi connectivity index (χ3v) is 6.74. The lowest BCUT2D eigenvalue weighted by Gasteiger charge is -2.35. The maximum absolute atomic E-state index is 12.4. The molecule has 1 N–H and O–H groups in total. The van der Waals surface area contributed by atoms with Crippen LogP contribution in [0.2, 0.25) is 0 Å². The molecule has 0 bridgehead atoms. The first-order valence-corrected chi connectivity index (χ1v) is 12.1. The molecule has 7 nitrogen and oxygen atoms in total. The van der Waals surface area contributed by atoms with Crippen LogP contribution in [0.4, 0.5) is 11.4 Å². The highest BCUT2D eigenvalue weighted by Gasteiger charge is 2.36. The number of aryl methyl sites for hydroxylation is 1. The van der Waals surface area contributed by atoms with Crippen molar-refractivity contribution in [3.05, 3.63) is 42.2 Å². The summed E-state index contributed by atoms with van der Waals surface area (Å²) < 4.78 is 0. The monoisotopic (exact) mass is 447 g/mol. The molecule has 1 aromatic carbocycles. The second-order valence-corrected chi connectivity index (χ2v) is 9.76. The van der Waals surface area contributed by atoms with Crippen molar-refractivity contribution in [1.82, 2.24) is 15.2 Å². The Labute approximate surface area is 195 Å². The molecule has 0 atom stereocenters. The van der Waals surface area contributed by atoms with Crippen molar-refractivity contribution in [1.29, 1.82) is 0 Å². The fourth-order valence-corrected chi connectivity index (χ4v) is 4.92. The first-order chi connectivity index (χ1) is 16.0. The van der Waals surface area contributed by atoms with Crippen molar-refractivity contribution in [2.75, 3.05) is 42.5 Å². The Bertz CT molecular complexity index is 1040. The molecule has 2 amide bonds. The van der Waals surface area contributed by atoms with Crippen LogP contribution in [0.1, 0.15) is 38.7 Å². The van der Waals surface area contributed by atoms with Crippen molar-refractivity contribution in [2.24, 2.45) is 0 Å². The Kier molecular flexibility index (Phi) is 6.06. The molecule has 7 heteroatoms. The minimum Gasteiger partial charge on any atom is -0.368 e. The van der Waals surface area contributed by atoms with Crippen molar-refractivity contribution in [3.63, 3.8) is 0 Å². The second kappa shape index (κ2) is 9.14. The quantitative estimate of drug-likeness (QED) is 0.738. The van der Waals surface area contributed by atoms with Gasteiger partial charge < -0.3 is 15.1 Å². The largest absolute Gasteiger partial charge is 0.368 e. The fourth-order valence-electron chi connectivity index (χ4n) is 4.92. The molecule has 0 spiro atoms. The average molecular weight is 448 g/mol. The van der Waals surface area contributed by atoms with Gasteiger partial charge in [0.05, 0.1) is 18.4 Å². The molecule has 2 aromatic rings. The van der Waals surface area contributed by atoms with Gasteiger partial charge in [-0.25, -0.2) is 0 Å². The van der Waals surface area contributed by atoms with E-state index < -0.39 is 0 Å². The van der Waals surface area contributed by atoms with Gasteiger partial charge in [-0.1, -0.05) is 6.07 Å². The summed E-state index contributed by atoms with van der Waals surface area (Å²) in [7, 11) is 0. The van der Waals surface area contributed by atoms with Gasteiger partial charge in [-0.15, -0.1) is 0 Å². The van der Waals surface area contributed by atoms with Gasteiger partial charge in [-0.05, 0) is 62.4 Å². The van der Waals surface area contributed by atoms with Gasteiger partial charge in [0.25, 0.3) is 0 Å². The summed E-state index contributed by atoms with van der Waals surface area (Å²) in [5, 5.41) is 2.97. The van der Waals surface area contributed by atoms with Crippen LogP contribution in [0, 0.1) is 0 Å². The summed E-state index contributed by atoms with van der Waals surface area (Å²) in [5.74, 6) is 0.360. The Morgan fingerprint density at radius 3 is 2.58 bits per heavy atom. The van der Waals surface area contributed by atoms with Crippen molar-refractivity contribution < 1.29 is 9.59 Å². The Morgan fingerprint density at radius 1 is 1.06 bits per heavy atom. The van der Waals surface area contributed by atoms with E-state index in [0.717, 1.165) is 67.9 Å². The fraction of sp³-hybridized carbons (Fsp3) is 0.500. The minimum absolute atomic E-state index is 0.0940. The van der Waals surface area contributed by atoms with E-state index in [-0.39, 0.29) is 17.9 Å². The smallest absolute Gasteiger partial charge is 0.234 e. The van der Waals surface area contributed by atoms with Crippen LogP contribution in [-0.4, -0.2) is 66.5 Å². The molecule has 3 heterocycles. The molecule has 0 radical (unpaired) electrons. The SMILES string of the molecule is CC(C)NC(=O)CN1CCN(c2cncc(-c3ccc4c(c3)CCC(=O)N4C3CC3)c2)CC1. The highest BCUT2D eigenvalue weighted by molar-refractivity contribution is 5.98. The highest BCUT2D eigenvalue weighted by atomic mass is 16.2. The molecule has 5 rings (SSSR count). The molecule has 2 fully saturated rings. The first kappa shape index (κ1) is 21.9. The third-order valence-electron chi connectivity index (χ3n) is 6.74. The number of carbonyl (C=O) groups is 2. The zero-order valence-electron chi connectivity index (χ0n) is 19.6. The van der Waals surface area contributed by atoms with Crippen LogP contribution in [-0.2, 0) is 16.0 Å². The number of benzene rings is 1. The van der Waals surface area contributed by atoms with Gasteiger partial charge in [0.2, 0.25) is 11.8 Å². The van der Waals surface area contributed by atoms with E-state index in [9.17, 15) is 9.59 Å². The van der Waals surface area contributed by atoms with Crippen LogP contribution in [0.5, 0.6) is 0 Å².